The fourth-order valence-electron chi connectivity index (χ4n) is 3.59. The maximum atomic E-state index is 13.5. The summed E-state index contributed by atoms with van der Waals surface area (Å²) in [4.78, 5) is 13.1. The smallest absolute Gasteiger partial charge is 0.267 e. The second kappa shape index (κ2) is 9.92. The summed E-state index contributed by atoms with van der Waals surface area (Å²) < 4.78 is 44.4. The normalized spacial score (nSPS) is 15.3. The van der Waals surface area contributed by atoms with Crippen LogP contribution in [-0.4, -0.2) is 41.2 Å². The molecular formula is C24H23ClN2O6S. The Labute approximate surface area is 203 Å². The van der Waals surface area contributed by atoms with Gasteiger partial charge < -0.3 is 19.5 Å². The molecule has 4 rings (SSSR count). The Morgan fingerprint density at radius 3 is 2.59 bits per heavy atom. The molecule has 0 fully saturated rings. The number of sulfonamides is 1. The van der Waals surface area contributed by atoms with Gasteiger partial charge in [-0.25, -0.2) is 8.42 Å². The molecule has 1 heterocycles. The number of halogens is 1. The molecular weight excluding hydrogens is 480 g/mol. The van der Waals surface area contributed by atoms with Crippen LogP contribution in [0, 0.1) is 0 Å². The van der Waals surface area contributed by atoms with E-state index in [1.54, 1.807) is 49.6 Å². The SMILES string of the molecule is COCc1cccc(NC(=O)[C@@H]2CN(S(=O)(=O)c3ccc(OC)cc3)c3cc(Cl)ccc3O2)c1. The van der Waals surface area contributed by atoms with Crippen molar-refractivity contribution in [2.75, 3.05) is 30.4 Å². The summed E-state index contributed by atoms with van der Waals surface area (Å²) in [6.45, 7) is 0.164. The number of hydrogen-bond acceptors (Lipinski definition) is 6. The van der Waals surface area contributed by atoms with Crippen molar-refractivity contribution >= 4 is 38.9 Å². The molecule has 0 saturated heterocycles. The Morgan fingerprint density at radius 2 is 1.88 bits per heavy atom. The van der Waals surface area contributed by atoms with Gasteiger partial charge >= 0.3 is 0 Å². The summed E-state index contributed by atoms with van der Waals surface area (Å²) in [7, 11) is -0.944. The van der Waals surface area contributed by atoms with Crippen LogP contribution in [-0.2, 0) is 26.2 Å². The molecule has 34 heavy (non-hydrogen) atoms. The molecule has 1 aliphatic heterocycles. The Bertz CT molecular complexity index is 1300. The third-order valence-electron chi connectivity index (χ3n) is 5.24. The molecule has 0 spiro atoms. The molecule has 178 valence electrons. The molecule has 1 N–H and O–H groups in total. The van der Waals surface area contributed by atoms with E-state index in [0.29, 0.717) is 23.1 Å². The number of rotatable bonds is 7. The van der Waals surface area contributed by atoms with Gasteiger partial charge in [0.2, 0.25) is 0 Å². The summed E-state index contributed by atoms with van der Waals surface area (Å²) >= 11 is 6.14. The van der Waals surface area contributed by atoms with Crippen LogP contribution in [0.15, 0.2) is 71.6 Å². The van der Waals surface area contributed by atoms with Gasteiger partial charge in [0.15, 0.2) is 6.10 Å². The third-order valence-corrected chi connectivity index (χ3v) is 7.26. The summed E-state index contributed by atoms with van der Waals surface area (Å²) in [5, 5.41) is 3.14. The number of amides is 1. The van der Waals surface area contributed by atoms with Crippen LogP contribution in [0.5, 0.6) is 11.5 Å². The Balaban J connectivity index is 1.65. The number of benzene rings is 3. The lowest BCUT2D eigenvalue weighted by molar-refractivity contribution is -0.122. The van der Waals surface area contributed by atoms with Gasteiger partial charge in [-0.15, -0.1) is 0 Å². The minimum Gasteiger partial charge on any atom is -0.497 e. The van der Waals surface area contributed by atoms with Crippen molar-refractivity contribution < 1.29 is 27.4 Å². The van der Waals surface area contributed by atoms with Crippen LogP contribution in [0.3, 0.4) is 0 Å². The number of nitrogens with one attached hydrogen (secondary N) is 1. The van der Waals surface area contributed by atoms with Gasteiger partial charge in [0, 0.05) is 17.8 Å². The highest BCUT2D eigenvalue weighted by Crippen LogP contribution is 2.39. The predicted octanol–water partition coefficient (Wildman–Crippen LogP) is 4.09. The first-order valence-electron chi connectivity index (χ1n) is 10.3. The molecule has 0 aromatic heterocycles. The molecule has 1 atom stereocenters. The topological polar surface area (TPSA) is 94.2 Å². The van der Waals surface area contributed by atoms with E-state index in [0.717, 1.165) is 9.87 Å². The van der Waals surface area contributed by atoms with Crippen LogP contribution in [0.4, 0.5) is 11.4 Å². The number of nitrogens with zero attached hydrogens (tertiary/aromatic N) is 1. The number of carbonyl (C=O) groups is 1. The molecule has 0 radical (unpaired) electrons. The second-order valence-corrected chi connectivity index (χ2v) is 9.85. The number of anilines is 2. The zero-order valence-electron chi connectivity index (χ0n) is 18.5. The van der Waals surface area contributed by atoms with Crippen molar-refractivity contribution in [1.82, 2.24) is 0 Å². The monoisotopic (exact) mass is 502 g/mol. The van der Waals surface area contributed by atoms with Crippen molar-refractivity contribution in [3.63, 3.8) is 0 Å². The molecule has 0 bridgehead atoms. The summed E-state index contributed by atoms with van der Waals surface area (Å²) in [6, 6.07) is 17.8. The summed E-state index contributed by atoms with van der Waals surface area (Å²) in [5.74, 6) is 0.281. The maximum Gasteiger partial charge on any atom is 0.267 e. The number of ether oxygens (including phenoxy) is 3. The minimum atomic E-state index is -4.03. The lowest BCUT2D eigenvalue weighted by Gasteiger charge is -2.35. The quantitative estimate of drug-likeness (QED) is 0.523. The van der Waals surface area contributed by atoms with Crippen molar-refractivity contribution in [2.45, 2.75) is 17.6 Å². The summed E-state index contributed by atoms with van der Waals surface area (Å²) in [6.07, 6.45) is -1.09. The first-order valence-corrected chi connectivity index (χ1v) is 12.2. The minimum absolute atomic E-state index is 0.0487. The van der Waals surface area contributed by atoms with Crippen LogP contribution >= 0.6 is 11.6 Å². The van der Waals surface area contributed by atoms with E-state index in [2.05, 4.69) is 5.32 Å². The van der Waals surface area contributed by atoms with E-state index in [9.17, 15) is 13.2 Å². The van der Waals surface area contributed by atoms with Gasteiger partial charge in [0.05, 0.1) is 30.8 Å². The second-order valence-electron chi connectivity index (χ2n) is 7.55. The zero-order chi connectivity index (χ0) is 24.3. The molecule has 0 aliphatic carbocycles. The van der Waals surface area contributed by atoms with E-state index in [1.165, 1.54) is 25.3 Å². The van der Waals surface area contributed by atoms with Gasteiger partial charge in [-0.2, -0.15) is 0 Å². The van der Waals surface area contributed by atoms with Gasteiger partial charge in [-0.05, 0) is 60.2 Å². The number of carbonyl (C=O) groups excluding carboxylic acids is 1. The standard InChI is InChI=1S/C24H23ClN2O6S/c1-31-15-16-4-3-5-18(12-16)26-24(28)23-14-27(21-13-17(25)6-11-22(21)33-23)34(29,30)20-9-7-19(32-2)8-10-20/h3-13,23H,14-15H2,1-2H3,(H,26,28)/t23-/m0/s1. The number of fused-ring (bicyclic) bond motifs is 1. The molecule has 10 heteroatoms. The average molecular weight is 503 g/mol. The molecule has 3 aromatic carbocycles. The third kappa shape index (κ3) is 4.96. The van der Waals surface area contributed by atoms with Crippen LogP contribution in [0.2, 0.25) is 5.02 Å². The highest BCUT2D eigenvalue weighted by Gasteiger charge is 2.38. The van der Waals surface area contributed by atoms with Crippen molar-refractivity contribution in [1.29, 1.82) is 0 Å². The van der Waals surface area contributed by atoms with Crippen molar-refractivity contribution in [2.24, 2.45) is 0 Å². The lowest BCUT2D eigenvalue weighted by atomic mass is 10.2. The molecule has 0 unspecified atom stereocenters. The maximum absolute atomic E-state index is 13.5. The Morgan fingerprint density at radius 1 is 1.12 bits per heavy atom. The average Bonchev–Trinajstić information content (AvgIpc) is 2.83. The summed E-state index contributed by atoms with van der Waals surface area (Å²) in [5.41, 5.74) is 1.69. The molecule has 1 aliphatic rings. The molecule has 1 amide bonds. The predicted molar refractivity (Wildman–Crippen MR) is 129 cm³/mol. The largest absolute Gasteiger partial charge is 0.497 e. The van der Waals surface area contributed by atoms with Crippen molar-refractivity contribution in [3.05, 3.63) is 77.3 Å². The fraction of sp³-hybridized carbons (Fsp3) is 0.208. The van der Waals surface area contributed by atoms with Crippen LogP contribution in [0.25, 0.3) is 0 Å². The van der Waals surface area contributed by atoms with Crippen molar-refractivity contribution in [3.8, 4) is 11.5 Å². The van der Waals surface area contributed by atoms with Crippen LogP contribution < -0.4 is 19.1 Å². The number of hydrogen-bond donors (Lipinski definition) is 1. The first-order chi connectivity index (χ1) is 16.3. The highest BCUT2D eigenvalue weighted by atomic mass is 35.5. The van der Waals surface area contributed by atoms with Gasteiger partial charge in [0.25, 0.3) is 15.9 Å². The molecule has 3 aromatic rings. The highest BCUT2D eigenvalue weighted by molar-refractivity contribution is 7.92. The molecule has 8 nitrogen and oxygen atoms in total. The van der Waals surface area contributed by atoms with Gasteiger partial charge in [-0.1, -0.05) is 23.7 Å². The van der Waals surface area contributed by atoms with E-state index in [-0.39, 0.29) is 22.9 Å². The molecule has 0 saturated carbocycles. The Hall–Kier alpha value is -3.27. The van der Waals surface area contributed by atoms with Gasteiger partial charge in [-0.3, -0.25) is 9.10 Å². The first kappa shape index (κ1) is 23.9. The fourth-order valence-corrected chi connectivity index (χ4v) is 5.23. The van der Waals surface area contributed by atoms with Gasteiger partial charge in [0.1, 0.15) is 11.5 Å². The van der Waals surface area contributed by atoms with E-state index in [4.69, 9.17) is 25.8 Å². The van der Waals surface area contributed by atoms with Crippen LogP contribution in [0.1, 0.15) is 5.56 Å². The van der Waals surface area contributed by atoms with E-state index in [1.807, 2.05) is 6.07 Å². The lowest BCUT2D eigenvalue weighted by Crippen LogP contribution is -2.48. The Kier molecular flexibility index (Phi) is 6.97. The number of methoxy groups -OCH3 is 2. The van der Waals surface area contributed by atoms with E-state index < -0.39 is 22.0 Å². The zero-order valence-corrected chi connectivity index (χ0v) is 20.1. The van der Waals surface area contributed by atoms with E-state index >= 15 is 0 Å².